The number of hydrogen-bond acceptors (Lipinski definition) is 4. The van der Waals surface area contributed by atoms with Crippen LogP contribution in [-0.2, 0) is 12.3 Å². The van der Waals surface area contributed by atoms with Crippen molar-refractivity contribution in [3.63, 3.8) is 0 Å². The highest BCUT2D eigenvalue weighted by atomic mass is 28.5. The smallest absolute Gasteiger partial charge is 0.406 e. The first-order valence-corrected chi connectivity index (χ1v) is 12.7. The van der Waals surface area contributed by atoms with Gasteiger partial charge in [0.1, 0.15) is 0 Å². The summed E-state index contributed by atoms with van der Waals surface area (Å²) in [6.45, 7) is 9.92. The van der Waals surface area contributed by atoms with Crippen molar-refractivity contribution >= 4 is 27.3 Å². The van der Waals surface area contributed by atoms with Crippen LogP contribution in [-0.4, -0.2) is 44.4 Å². The molecule has 0 N–H and O–H groups in total. The van der Waals surface area contributed by atoms with Crippen LogP contribution >= 0.6 is 0 Å². The van der Waals surface area contributed by atoms with E-state index in [1.54, 1.807) is 0 Å². The van der Waals surface area contributed by atoms with Crippen LogP contribution < -0.4 is 0 Å². The summed E-state index contributed by atoms with van der Waals surface area (Å²) in [6, 6.07) is 0.617. The van der Waals surface area contributed by atoms with Crippen molar-refractivity contribution in [2.45, 2.75) is 51.9 Å². The first kappa shape index (κ1) is 12.9. The van der Waals surface area contributed by atoms with Crippen molar-refractivity contribution in [2.75, 3.05) is 6.54 Å². The van der Waals surface area contributed by atoms with E-state index in [9.17, 15) is 0 Å². The molecule has 0 radical (unpaired) electrons. The minimum atomic E-state index is -2.09. The number of piperidine rings is 1. The molecule has 3 unspecified atom stereocenters. The normalized spacial score (nSPS) is 46.9. The lowest BCUT2D eigenvalue weighted by atomic mass is 10.1. The van der Waals surface area contributed by atoms with E-state index >= 15 is 0 Å². The maximum absolute atomic E-state index is 6.15. The second-order valence-electron chi connectivity index (χ2n) is 4.94. The van der Waals surface area contributed by atoms with Crippen LogP contribution in [0.25, 0.3) is 0 Å². The van der Waals surface area contributed by atoms with E-state index in [0.29, 0.717) is 6.04 Å². The predicted molar refractivity (Wildman–Crippen MR) is 70.9 cm³/mol. The fourth-order valence-corrected chi connectivity index (χ4v) is 14.6. The summed E-state index contributed by atoms with van der Waals surface area (Å²) in [5, 5.41) is 0. The lowest BCUT2D eigenvalue weighted by Crippen LogP contribution is -2.67. The van der Waals surface area contributed by atoms with E-state index < -0.39 is 27.3 Å². The zero-order chi connectivity index (χ0) is 11.8. The Kier molecular flexibility index (Phi) is 4.05. The molecule has 2 rings (SSSR count). The minimum Gasteiger partial charge on any atom is -0.420 e. The highest BCUT2D eigenvalue weighted by Crippen LogP contribution is 2.28. The first-order chi connectivity index (χ1) is 7.51. The van der Waals surface area contributed by atoms with Crippen LogP contribution in [0.5, 0.6) is 0 Å². The topological polar surface area (TPSA) is 30.9 Å². The summed E-state index contributed by atoms with van der Waals surface area (Å²) in [6.07, 6.45) is 3.91. The standard InChI is InChI=1S/C9H23NO3Si3/c1-9-7-5-6-8-10(9)16(4)12-14(2)11-15(3)13-16/h9,14-15H,5-8H2,1-4H3. The molecule has 3 atom stereocenters. The molecule has 94 valence electrons. The second kappa shape index (κ2) is 5.01. The predicted octanol–water partition coefficient (Wildman–Crippen LogP) is 1.19. The van der Waals surface area contributed by atoms with Crippen LogP contribution in [0.3, 0.4) is 0 Å². The van der Waals surface area contributed by atoms with Crippen LogP contribution in [0, 0.1) is 0 Å². The van der Waals surface area contributed by atoms with E-state index in [1.165, 1.54) is 19.3 Å². The highest BCUT2D eigenvalue weighted by Gasteiger charge is 2.48. The van der Waals surface area contributed by atoms with Crippen molar-refractivity contribution < 1.29 is 12.3 Å². The number of rotatable bonds is 1. The molecule has 0 saturated carbocycles. The lowest BCUT2D eigenvalue weighted by Gasteiger charge is -2.48. The Balaban J connectivity index is 2.09. The molecule has 2 heterocycles. The van der Waals surface area contributed by atoms with Crippen molar-refractivity contribution in [3.05, 3.63) is 0 Å². The van der Waals surface area contributed by atoms with Gasteiger partial charge in [0.15, 0.2) is 0 Å². The van der Waals surface area contributed by atoms with Gasteiger partial charge in [-0.05, 0) is 39.0 Å². The van der Waals surface area contributed by atoms with Crippen molar-refractivity contribution in [1.29, 1.82) is 0 Å². The molecule has 0 spiro atoms. The SMILES string of the molecule is CC1CCCCN1[Si]1(C)O[SiH](C)O[SiH](C)O1. The molecule has 2 fully saturated rings. The molecule has 0 bridgehead atoms. The Bertz CT molecular complexity index is 246. The van der Waals surface area contributed by atoms with Gasteiger partial charge in [-0.15, -0.1) is 0 Å². The molecule has 0 aromatic rings. The fourth-order valence-electron chi connectivity index (χ4n) is 2.81. The monoisotopic (exact) mass is 277 g/mol. The third-order valence-electron chi connectivity index (χ3n) is 3.48. The summed E-state index contributed by atoms with van der Waals surface area (Å²) in [7, 11) is -4.93. The summed E-state index contributed by atoms with van der Waals surface area (Å²) in [5.41, 5.74) is 0. The van der Waals surface area contributed by atoms with Gasteiger partial charge < -0.3 is 12.3 Å². The molecule has 4 nitrogen and oxygen atoms in total. The Morgan fingerprint density at radius 3 is 2.38 bits per heavy atom. The van der Waals surface area contributed by atoms with E-state index in [0.717, 1.165) is 6.54 Å². The fraction of sp³-hybridized carbons (Fsp3) is 1.00. The van der Waals surface area contributed by atoms with Gasteiger partial charge in [-0.25, -0.2) is 0 Å². The summed E-state index contributed by atoms with van der Waals surface area (Å²) in [5.74, 6) is 0. The molecule has 2 aliphatic heterocycles. The summed E-state index contributed by atoms with van der Waals surface area (Å²) >= 11 is 0. The Morgan fingerprint density at radius 2 is 1.81 bits per heavy atom. The molecule has 2 saturated heterocycles. The molecular weight excluding hydrogens is 254 g/mol. The van der Waals surface area contributed by atoms with Crippen LogP contribution in [0.4, 0.5) is 0 Å². The van der Waals surface area contributed by atoms with Crippen LogP contribution in [0.1, 0.15) is 26.2 Å². The second-order valence-corrected chi connectivity index (χ2v) is 12.6. The first-order valence-electron chi connectivity index (χ1n) is 6.29. The van der Waals surface area contributed by atoms with Gasteiger partial charge in [0.25, 0.3) is 0 Å². The molecule has 0 amide bonds. The van der Waals surface area contributed by atoms with Gasteiger partial charge in [-0.1, -0.05) is 13.3 Å². The van der Waals surface area contributed by atoms with Gasteiger partial charge in [0, 0.05) is 6.04 Å². The van der Waals surface area contributed by atoms with Crippen LogP contribution in [0.2, 0.25) is 19.6 Å². The Hall–Kier alpha value is 0.491. The number of hydrogen-bond donors (Lipinski definition) is 0. The summed E-state index contributed by atoms with van der Waals surface area (Å²) in [4.78, 5) is 0. The van der Waals surface area contributed by atoms with Gasteiger partial charge >= 0.3 is 27.3 Å². The molecular formula is C9H23NO3Si3. The molecule has 0 aromatic carbocycles. The van der Waals surface area contributed by atoms with E-state index in [2.05, 4.69) is 31.1 Å². The summed E-state index contributed by atoms with van der Waals surface area (Å²) < 4.78 is 20.6. The third-order valence-corrected chi connectivity index (χ3v) is 14.4. The van der Waals surface area contributed by atoms with Gasteiger partial charge in [-0.2, -0.15) is 0 Å². The molecule has 7 heteroatoms. The Labute approximate surface area is 103 Å². The van der Waals surface area contributed by atoms with Gasteiger partial charge in [0.2, 0.25) is 0 Å². The maximum Gasteiger partial charge on any atom is 0.406 e. The van der Waals surface area contributed by atoms with E-state index in [1.807, 2.05) is 0 Å². The molecule has 0 aliphatic carbocycles. The number of nitrogens with zero attached hydrogens (tertiary/aromatic N) is 1. The van der Waals surface area contributed by atoms with Crippen molar-refractivity contribution in [1.82, 2.24) is 4.57 Å². The molecule has 0 aromatic heterocycles. The van der Waals surface area contributed by atoms with E-state index in [-0.39, 0.29) is 0 Å². The van der Waals surface area contributed by atoms with E-state index in [4.69, 9.17) is 12.3 Å². The van der Waals surface area contributed by atoms with Crippen molar-refractivity contribution in [2.24, 2.45) is 0 Å². The zero-order valence-electron chi connectivity index (χ0n) is 10.7. The third kappa shape index (κ3) is 2.66. The van der Waals surface area contributed by atoms with Gasteiger partial charge in [0.05, 0.1) is 0 Å². The Morgan fingerprint density at radius 1 is 1.19 bits per heavy atom. The molecule has 2 aliphatic rings. The highest BCUT2D eigenvalue weighted by molar-refractivity contribution is 6.80. The van der Waals surface area contributed by atoms with Gasteiger partial charge in [-0.3, -0.25) is 4.57 Å². The lowest BCUT2D eigenvalue weighted by molar-refractivity contribution is 0.149. The quantitative estimate of drug-likeness (QED) is 0.674. The van der Waals surface area contributed by atoms with Crippen LogP contribution in [0.15, 0.2) is 0 Å². The zero-order valence-corrected chi connectivity index (χ0v) is 14.0. The molecule has 16 heavy (non-hydrogen) atoms. The minimum absolute atomic E-state index is 0.617. The average molecular weight is 278 g/mol. The van der Waals surface area contributed by atoms with Crippen molar-refractivity contribution in [3.8, 4) is 0 Å². The largest absolute Gasteiger partial charge is 0.420 e. The average Bonchev–Trinajstić information content (AvgIpc) is 2.15. The maximum atomic E-state index is 6.15.